The molecular weight excluding hydrogens is 265 g/mol. The van der Waals surface area contributed by atoms with E-state index in [4.69, 9.17) is 10.5 Å². The van der Waals surface area contributed by atoms with E-state index in [1.807, 2.05) is 6.92 Å². The summed E-state index contributed by atoms with van der Waals surface area (Å²) in [4.78, 5) is 0. The van der Waals surface area contributed by atoms with Crippen molar-refractivity contribution in [1.29, 1.82) is 10.5 Å². The average molecular weight is 278 g/mol. The van der Waals surface area contributed by atoms with Gasteiger partial charge in [-0.15, -0.1) is 0 Å². The van der Waals surface area contributed by atoms with Crippen LogP contribution in [0.5, 0.6) is 0 Å². The molecule has 0 saturated carbocycles. The normalized spacial score (nSPS) is 9.90. The van der Waals surface area contributed by atoms with Crippen LogP contribution in [0.2, 0.25) is 0 Å². The summed E-state index contributed by atoms with van der Waals surface area (Å²) in [6.07, 6.45) is 1.79. The zero-order valence-electron chi connectivity index (χ0n) is 11.1. The second-order valence-electron chi connectivity index (χ2n) is 4.39. The number of hydrogen-bond donors (Lipinski definition) is 0. The molecule has 0 heterocycles. The molecule has 0 aromatic heterocycles. The van der Waals surface area contributed by atoms with Gasteiger partial charge < -0.3 is 0 Å². The fourth-order valence-electron chi connectivity index (χ4n) is 1.92. The van der Waals surface area contributed by atoms with Gasteiger partial charge in [-0.05, 0) is 19.3 Å². The number of halogens is 3. The Morgan fingerprint density at radius 2 is 1.55 bits per heavy atom. The summed E-state index contributed by atoms with van der Waals surface area (Å²) in [6, 6.07) is 2.72. The summed E-state index contributed by atoms with van der Waals surface area (Å²) in [5, 5.41) is 17.5. The van der Waals surface area contributed by atoms with Crippen LogP contribution in [0.15, 0.2) is 12.2 Å². The standard InChI is InChI=1S/C15H13F3N2/c1-3-4-9(2)5-6-10-13(16)11(7-19)12(8-20)15(18)14(10)17/h2-6H2,1H3. The van der Waals surface area contributed by atoms with Gasteiger partial charge in [-0.25, -0.2) is 13.2 Å². The lowest BCUT2D eigenvalue weighted by molar-refractivity contribution is 0.475. The lowest BCUT2D eigenvalue weighted by Crippen LogP contribution is -2.07. The maximum atomic E-state index is 14.0. The molecule has 0 bridgehead atoms. The summed E-state index contributed by atoms with van der Waals surface area (Å²) >= 11 is 0. The minimum atomic E-state index is -1.47. The van der Waals surface area contributed by atoms with Gasteiger partial charge in [0.05, 0.1) is 0 Å². The maximum absolute atomic E-state index is 14.0. The monoisotopic (exact) mass is 278 g/mol. The average Bonchev–Trinajstić information content (AvgIpc) is 2.42. The summed E-state index contributed by atoms with van der Waals surface area (Å²) in [5.41, 5.74) is -1.34. The molecule has 104 valence electrons. The van der Waals surface area contributed by atoms with E-state index in [0.29, 0.717) is 12.8 Å². The van der Waals surface area contributed by atoms with Gasteiger partial charge in [0.15, 0.2) is 11.6 Å². The molecule has 1 aromatic carbocycles. The highest BCUT2D eigenvalue weighted by Crippen LogP contribution is 2.26. The summed E-state index contributed by atoms with van der Waals surface area (Å²) in [7, 11) is 0. The van der Waals surface area contributed by atoms with Crippen LogP contribution >= 0.6 is 0 Å². The van der Waals surface area contributed by atoms with Crippen LogP contribution in [0.4, 0.5) is 13.2 Å². The molecule has 2 nitrogen and oxygen atoms in total. The molecule has 0 saturated heterocycles. The summed E-state index contributed by atoms with van der Waals surface area (Å²) in [6.45, 7) is 5.71. The molecule has 0 spiro atoms. The van der Waals surface area contributed by atoms with Crippen LogP contribution in [0.1, 0.15) is 42.9 Å². The topological polar surface area (TPSA) is 47.6 Å². The number of rotatable bonds is 5. The third kappa shape index (κ3) is 3.00. The first kappa shape index (κ1) is 15.8. The SMILES string of the molecule is C=C(CCC)CCc1c(F)c(F)c(C#N)c(C#N)c1F. The molecule has 0 fully saturated rings. The van der Waals surface area contributed by atoms with Gasteiger partial charge in [0.1, 0.15) is 29.1 Å². The van der Waals surface area contributed by atoms with Crippen molar-refractivity contribution in [2.24, 2.45) is 0 Å². The second kappa shape index (κ2) is 6.77. The van der Waals surface area contributed by atoms with Crippen molar-refractivity contribution in [1.82, 2.24) is 0 Å². The summed E-state index contributed by atoms with van der Waals surface area (Å²) < 4.78 is 41.4. The van der Waals surface area contributed by atoms with Crippen LogP contribution in [0.3, 0.4) is 0 Å². The fraction of sp³-hybridized carbons (Fsp3) is 0.333. The Morgan fingerprint density at radius 1 is 1.00 bits per heavy atom. The van der Waals surface area contributed by atoms with Crippen molar-refractivity contribution >= 4 is 0 Å². The van der Waals surface area contributed by atoms with Crippen molar-refractivity contribution in [3.63, 3.8) is 0 Å². The third-order valence-electron chi connectivity index (χ3n) is 2.97. The fourth-order valence-corrected chi connectivity index (χ4v) is 1.92. The van der Waals surface area contributed by atoms with E-state index in [1.54, 1.807) is 0 Å². The van der Waals surface area contributed by atoms with Crippen molar-refractivity contribution in [3.8, 4) is 12.1 Å². The molecule has 0 atom stereocenters. The lowest BCUT2D eigenvalue weighted by atomic mass is 9.97. The van der Waals surface area contributed by atoms with Gasteiger partial charge in [0, 0.05) is 5.56 Å². The zero-order valence-corrected chi connectivity index (χ0v) is 11.1. The highest BCUT2D eigenvalue weighted by atomic mass is 19.2. The Bertz CT molecular complexity index is 622. The largest absolute Gasteiger partial charge is 0.205 e. The van der Waals surface area contributed by atoms with Gasteiger partial charge in [0.2, 0.25) is 0 Å². The van der Waals surface area contributed by atoms with E-state index in [9.17, 15) is 13.2 Å². The van der Waals surface area contributed by atoms with Gasteiger partial charge in [0.25, 0.3) is 0 Å². The Kier molecular flexibility index (Phi) is 5.34. The van der Waals surface area contributed by atoms with Crippen LogP contribution in [0.25, 0.3) is 0 Å². The number of nitriles is 2. The zero-order chi connectivity index (χ0) is 15.3. The van der Waals surface area contributed by atoms with Gasteiger partial charge in [-0.2, -0.15) is 10.5 Å². The van der Waals surface area contributed by atoms with Crippen molar-refractivity contribution in [2.75, 3.05) is 0 Å². The van der Waals surface area contributed by atoms with Crippen molar-refractivity contribution in [3.05, 3.63) is 46.3 Å². The van der Waals surface area contributed by atoms with Gasteiger partial charge in [-0.1, -0.05) is 25.5 Å². The van der Waals surface area contributed by atoms with Crippen molar-refractivity contribution < 1.29 is 13.2 Å². The summed E-state index contributed by atoms with van der Waals surface area (Å²) in [5.74, 6) is -4.03. The van der Waals surface area contributed by atoms with Crippen LogP contribution in [-0.4, -0.2) is 0 Å². The quantitative estimate of drug-likeness (QED) is 0.600. The Hall–Kier alpha value is -2.27. The molecule has 0 N–H and O–H groups in total. The van der Waals surface area contributed by atoms with E-state index in [2.05, 4.69) is 6.58 Å². The molecule has 1 aromatic rings. The van der Waals surface area contributed by atoms with Crippen LogP contribution < -0.4 is 0 Å². The first-order valence-corrected chi connectivity index (χ1v) is 6.14. The van der Waals surface area contributed by atoms with E-state index in [-0.39, 0.29) is 6.42 Å². The van der Waals surface area contributed by atoms with E-state index < -0.39 is 34.1 Å². The molecule has 1 rings (SSSR count). The minimum absolute atomic E-state index is 0.0895. The Labute approximate surface area is 115 Å². The molecule has 5 heteroatoms. The molecule has 0 amide bonds. The molecule has 0 aliphatic carbocycles. The second-order valence-corrected chi connectivity index (χ2v) is 4.39. The van der Waals surface area contributed by atoms with E-state index in [0.717, 1.165) is 12.0 Å². The molecule has 20 heavy (non-hydrogen) atoms. The predicted octanol–water partition coefficient (Wildman–Crippen LogP) is 4.14. The molecule has 0 unspecified atom stereocenters. The maximum Gasteiger partial charge on any atom is 0.178 e. The van der Waals surface area contributed by atoms with E-state index in [1.165, 1.54) is 12.1 Å². The Balaban J connectivity index is 3.23. The predicted molar refractivity (Wildman–Crippen MR) is 68.1 cm³/mol. The first-order chi connectivity index (χ1) is 9.47. The van der Waals surface area contributed by atoms with Gasteiger partial charge >= 0.3 is 0 Å². The minimum Gasteiger partial charge on any atom is -0.205 e. The number of allylic oxidation sites excluding steroid dienone is 1. The van der Waals surface area contributed by atoms with Gasteiger partial charge in [-0.3, -0.25) is 0 Å². The molecule has 0 radical (unpaired) electrons. The van der Waals surface area contributed by atoms with E-state index >= 15 is 0 Å². The van der Waals surface area contributed by atoms with Crippen LogP contribution in [0, 0.1) is 40.1 Å². The number of nitrogens with zero attached hydrogens (tertiary/aromatic N) is 2. The van der Waals surface area contributed by atoms with Crippen molar-refractivity contribution in [2.45, 2.75) is 32.6 Å². The third-order valence-corrected chi connectivity index (χ3v) is 2.97. The van der Waals surface area contributed by atoms with Crippen LogP contribution in [-0.2, 0) is 6.42 Å². The Morgan fingerprint density at radius 3 is 2.05 bits per heavy atom. The number of benzene rings is 1. The lowest BCUT2D eigenvalue weighted by Gasteiger charge is -2.10. The first-order valence-electron chi connectivity index (χ1n) is 6.14. The molecule has 0 aliphatic rings. The number of hydrogen-bond acceptors (Lipinski definition) is 2. The highest BCUT2D eigenvalue weighted by Gasteiger charge is 2.24. The molecule has 0 aliphatic heterocycles. The highest BCUT2D eigenvalue weighted by molar-refractivity contribution is 5.50. The molecular formula is C15H13F3N2. The smallest absolute Gasteiger partial charge is 0.178 e.